The zero-order chi connectivity index (χ0) is 29.8. The highest BCUT2D eigenvalue weighted by Crippen LogP contribution is 2.39. The third-order valence-electron chi connectivity index (χ3n) is 6.62. The first-order valence-electron chi connectivity index (χ1n) is 11.6. The average Bonchev–Trinajstić information content (AvgIpc) is 2.87. The fraction of sp³-hybridized carbons (Fsp3) is 0.440. The van der Waals surface area contributed by atoms with Gasteiger partial charge < -0.3 is 15.7 Å². The number of carbonyl (C=O) groups is 2. The molecule has 0 bridgehead atoms. The Kier molecular flexibility index (Phi) is 9.83. The lowest BCUT2D eigenvalue weighted by atomic mass is 9.85. The zero-order valence-electron chi connectivity index (χ0n) is 21.0. The molecule has 1 saturated heterocycles. The Morgan fingerprint density at radius 2 is 1.46 bits per heavy atom. The van der Waals surface area contributed by atoms with Gasteiger partial charge in [-0.15, -0.1) is 0 Å². The molecule has 3 rings (SSSR count). The van der Waals surface area contributed by atoms with Crippen LogP contribution in [0.5, 0.6) is 0 Å². The highest BCUT2D eigenvalue weighted by atomic mass is 32.2. The molecular weight excluding hydrogens is 554 g/mol. The molecule has 1 atom stereocenters. The lowest BCUT2D eigenvalue weighted by Crippen LogP contribution is -2.49. The van der Waals surface area contributed by atoms with E-state index in [9.17, 15) is 39.6 Å². The maximum atomic E-state index is 13.3. The van der Waals surface area contributed by atoms with E-state index in [4.69, 9.17) is 15.6 Å². The summed E-state index contributed by atoms with van der Waals surface area (Å²) in [6.45, 7) is 3.76. The van der Waals surface area contributed by atoms with Gasteiger partial charge >= 0.3 is 18.3 Å². The number of rotatable bonds is 5. The molecular formula is C25H28F6N2O5S. The summed E-state index contributed by atoms with van der Waals surface area (Å²) >= 11 is 0. The first-order chi connectivity index (χ1) is 17.8. The van der Waals surface area contributed by atoms with Crippen LogP contribution >= 0.6 is 0 Å². The van der Waals surface area contributed by atoms with Crippen LogP contribution in [0.25, 0.3) is 0 Å². The molecule has 0 aliphatic carbocycles. The third kappa shape index (κ3) is 7.72. The van der Waals surface area contributed by atoms with Gasteiger partial charge in [0.1, 0.15) is 6.04 Å². The number of hydrogen-bond acceptors (Lipinski definition) is 5. The van der Waals surface area contributed by atoms with Gasteiger partial charge in [0, 0.05) is 13.1 Å². The van der Waals surface area contributed by atoms with Gasteiger partial charge in [0.2, 0.25) is 5.91 Å². The standard InChI is InChI=1S/C23H27F3N2O3S.C2HF3O2/c1-22(2,32(30,31)19-10-6-9-18(15-19)23(24,25)26)17-11-13-28(14-12-17)21(29)20(27)16-7-4-3-5-8-16;3-2(4,5)1(6)7/h3-10,15,17,20H,11-14,27H2,1-2H3;(H,6,7)/t20-;/m0./s1. The topological polar surface area (TPSA) is 118 Å². The second-order valence-electron chi connectivity index (χ2n) is 9.42. The number of likely N-dealkylation sites (tertiary alicyclic amines) is 1. The van der Waals surface area contributed by atoms with Crippen LogP contribution in [0.1, 0.15) is 43.9 Å². The van der Waals surface area contributed by atoms with Gasteiger partial charge in [0.25, 0.3) is 0 Å². The Morgan fingerprint density at radius 1 is 0.949 bits per heavy atom. The van der Waals surface area contributed by atoms with E-state index in [-0.39, 0.29) is 16.7 Å². The van der Waals surface area contributed by atoms with Crippen LogP contribution in [-0.2, 0) is 25.6 Å². The molecule has 216 valence electrons. The summed E-state index contributed by atoms with van der Waals surface area (Å²) in [6.07, 6.45) is -8.88. The van der Waals surface area contributed by atoms with Crippen LogP contribution in [0.15, 0.2) is 59.5 Å². The number of carboxylic acids is 1. The van der Waals surface area contributed by atoms with Crippen molar-refractivity contribution >= 4 is 21.7 Å². The minimum absolute atomic E-state index is 0.229. The second kappa shape index (κ2) is 11.9. The monoisotopic (exact) mass is 582 g/mol. The van der Waals surface area contributed by atoms with Crippen molar-refractivity contribution in [2.45, 2.75) is 54.7 Å². The molecule has 0 spiro atoms. The van der Waals surface area contributed by atoms with Gasteiger partial charge in [0.15, 0.2) is 9.84 Å². The van der Waals surface area contributed by atoms with E-state index in [1.54, 1.807) is 43.0 Å². The number of amides is 1. The van der Waals surface area contributed by atoms with Gasteiger partial charge in [-0.1, -0.05) is 36.4 Å². The summed E-state index contributed by atoms with van der Waals surface area (Å²) in [4.78, 5) is 23.0. The molecule has 0 unspecified atom stereocenters. The van der Waals surface area contributed by atoms with E-state index < -0.39 is 44.5 Å². The molecule has 2 aromatic rings. The SMILES string of the molecule is CC(C)(C1CCN(C(=O)[C@@H](N)c2ccccc2)CC1)S(=O)(=O)c1cccc(C(F)(F)F)c1.O=C(O)C(F)(F)F. The van der Waals surface area contributed by atoms with Crippen molar-refractivity contribution in [1.29, 1.82) is 0 Å². The van der Waals surface area contributed by atoms with Gasteiger partial charge in [-0.25, -0.2) is 13.2 Å². The molecule has 1 amide bonds. The number of benzene rings is 2. The van der Waals surface area contributed by atoms with Crippen LogP contribution in [0.4, 0.5) is 26.3 Å². The molecule has 1 heterocycles. The summed E-state index contributed by atoms with van der Waals surface area (Å²) in [5.74, 6) is -3.31. The number of halogens is 6. The van der Waals surface area contributed by atoms with Crippen molar-refractivity contribution in [2.24, 2.45) is 11.7 Å². The van der Waals surface area contributed by atoms with E-state index in [2.05, 4.69) is 0 Å². The van der Waals surface area contributed by atoms with E-state index in [1.807, 2.05) is 6.07 Å². The lowest BCUT2D eigenvalue weighted by Gasteiger charge is -2.40. The van der Waals surface area contributed by atoms with Crippen LogP contribution in [0.3, 0.4) is 0 Å². The first kappa shape index (κ1) is 32.1. The van der Waals surface area contributed by atoms with E-state index in [0.29, 0.717) is 37.6 Å². The Morgan fingerprint density at radius 3 is 1.92 bits per heavy atom. The molecule has 0 aromatic heterocycles. The fourth-order valence-corrected chi connectivity index (χ4v) is 5.98. The minimum Gasteiger partial charge on any atom is -0.475 e. The number of carboxylic acid groups (broad SMARTS) is 1. The minimum atomic E-state index is -5.08. The summed E-state index contributed by atoms with van der Waals surface area (Å²) < 4.78 is 96.2. The highest BCUT2D eigenvalue weighted by molar-refractivity contribution is 7.92. The molecule has 1 aliphatic heterocycles. The number of sulfone groups is 1. The number of aliphatic carboxylic acids is 1. The predicted octanol–water partition coefficient (Wildman–Crippen LogP) is 4.83. The predicted molar refractivity (Wildman–Crippen MR) is 129 cm³/mol. The van der Waals surface area contributed by atoms with E-state index in [0.717, 1.165) is 12.1 Å². The van der Waals surface area contributed by atoms with Crippen molar-refractivity contribution in [3.8, 4) is 0 Å². The van der Waals surface area contributed by atoms with E-state index >= 15 is 0 Å². The Hall–Kier alpha value is -3.13. The van der Waals surface area contributed by atoms with Crippen LogP contribution in [0, 0.1) is 5.92 Å². The van der Waals surface area contributed by atoms with Gasteiger partial charge in [0.05, 0.1) is 15.2 Å². The van der Waals surface area contributed by atoms with Gasteiger partial charge in [-0.3, -0.25) is 4.79 Å². The van der Waals surface area contributed by atoms with E-state index in [1.165, 1.54) is 6.07 Å². The van der Waals surface area contributed by atoms with Gasteiger partial charge in [-0.2, -0.15) is 26.3 Å². The quantitative estimate of drug-likeness (QED) is 0.488. The highest BCUT2D eigenvalue weighted by Gasteiger charge is 2.45. The number of hydrogen-bond donors (Lipinski definition) is 2. The molecule has 1 aliphatic rings. The van der Waals surface area contributed by atoms with Gasteiger partial charge in [-0.05, 0) is 56.4 Å². The Bertz CT molecular complexity index is 1260. The smallest absolute Gasteiger partial charge is 0.475 e. The van der Waals surface area contributed by atoms with Crippen molar-refractivity contribution < 1.29 is 49.5 Å². The molecule has 0 saturated carbocycles. The third-order valence-corrected chi connectivity index (χ3v) is 9.21. The molecule has 0 radical (unpaired) electrons. The summed E-state index contributed by atoms with van der Waals surface area (Å²) in [5.41, 5.74) is 5.81. The number of nitrogens with zero attached hydrogens (tertiary/aromatic N) is 1. The largest absolute Gasteiger partial charge is 0.490 e. The summed E-state index contributed by atoms with van der Waals surface area (Å²) in [5, 5.41) is 7.12. The van der Waals surface area contributed by atoms with Crippen molar-refractivity contribution in [2.75, 3.05) is 13.1 Å². The summed E-state index contributed by atoms with van der Waals surface area (Å²) in [6, 6.07) is 12.0. The average molecular weight is 583 g/mol. The normalized spacial score (nSPS) is 16.2. The molecule has 39 heavy (non-hydrogen) atoms. The van der Waals surface area contributed by atoms with Crippen molar-refractivity contribution in [1.82, 2.24) is 4.90 Å². The maximum absolute atomic E-state index is 13.3. The zero-order valence-corrected chi connectivity index (χ0v) is 21.8. The maximum Gasteiger partial charge on any atom is 0.490 e. The van der Waals surface area contributed by atoms with Crippen molar-refractivity contribution in [3.63, 3.8) is 0 Å². The van der Waals surface area contributed by atoms with Crippen molar-refractivity contribution in [3.05, 3.63) is 65.7 Å². The number of carbonyl (C=O) groups excluding carboxylic acids is 1. The molecule has 2 aromatic carbocycles. The van der Waals surface area contributed by atoms with Crippen LogP contribution in [0.2, 0.25) is 0 Å². The Balaban J connectivity index is 0.000000673. The number of piperidine rings is 1. The fourth-order valence-electron chi connectivity index (χ4n) is 4.16. The Labute approximate surface area is 221 Å². The lowest BCUT2D eigenvalue weighted by molar-refractivity contribution is -0.192. The molecule has 7 nitrogen and oxygen atoms in total. The first-order valence-corrected chi connectivity index (χ1v) is 13.1. The molecule has 14 heteroatoms. The number of alkyl halides is 6. The van der Waals surface area contributed by atoms with Crippen LogP contribution < -0.4 is 5.73 Å². The number of nitrogens with two attached hydrogens (primary N) is 1. The molecule has 1 fully saturated rings. The van der Waals surface area contributed by atoms with Crippen LogP contribution in [-0.4, -0.2) is 54.3 Å². The summed E-state index contributed by atoms with van der Waals surface area (Å²) in [7, 11) is -4.05. The second-order valence-corrected chi connectivity index (χ2v) is 12.0. The molecule has 3 N–H and O–H groups in total.